The first-order chi connectivity index (χ1) is 7.46. The lowest BCUT2D eigenvalue weighted by atomic mass is 10.1. The highest BCUT2D eigenvalue weighted by molar-refractivity contribution is 6.37. The maximum atomic E-state index is 6.31. The molecule has 7 heteroatoms. The molecule has 0 saturated carbocycles. The van der Waals surface area contributed by atoms with Crippen LogP contribution >= 0.6 is 69.6 Å². The van der Waals surface area contributed by atoms with Gasteiger partial charge in [0.25, 0.3) is 0 Å². The van der Waals surface area contributed by atoms with E-state index >= 15 is 0 Å². The second-order valence-electron chi connectivity index (χ2n) is 4.59. The molecule has 0 amide bonds. The molecule has 0 aliphatic carbocycles. The van der Waals surface area contributed by atoms with Gasteiger partial charge in [-0.05, 0) is 0 Å². The van der Waals surface area contributed by atoms with Crippen LogP contribution in [-0.2, 0) is 0 Å². The summed E-state index contributed by atoms with van der Waals surface area (Å²) in [6, 6.07) is -0.0602. The predicted molar refractivity (Wildman–Crippen MR) is 71.0 cm³/mol. The van der Waals surface area contributed by atoms with Crippen molar-refractivity contribution in [1.29, 1.82) is 0 Å². The molecule has 6 unspecified atom stereocenters. The third-order valence-electron chi connectivity index (χ3n) is 3.90. The van der Waals surface area contributed by atoms with E-state index in [-0.39, 0.29) is 50.4 Å². The maximum Gasteiger partial charge on any atom is 0.0685 e. The minimum absolute atomic E-state index is 0.0201. The van der Waals surface area contributed by atoms with Crippen molar-refractivity contribution in [2.45, 2.75) is 50.4 Å². The van der Waals surface area contributed by atoms with E-state index in [1.165, 1.54) is 0 Å². The van der Waals surface area contributed by atoms with E-state index in [0.29, 0.717) is 0 Å². The van der Waals surface area contributed by atoms with Crippen LogP contribution in [0.1, 0.15) is 0 Å². The Hall–Kier alpha value is 1.70. The van der Waals surface area contributed by atoms with Crippen LogP contribution in [0.2, 0.25) is 0 Å². The van der Waals surface area contributed by atoms with E-state index in [9.17, 15) is 0 Å². The fourth-order valence-corrected chi connectivity index (χ4v) is 6.08. The van der Waals surface area contributed by atoms with Crippen molar-refractivity contribution >= 4 is 69.6 Å². The summed E-state index contributed by atoms with van der Waals surface area (Å²) in [5.41, 5.74) is 0. The molecule has 3 saturated heterocycles. The Kier molecular flexibility index (Phi) is 3.26. The summed E-state index contributed by atoms with van der Waals surface area (Å²) in [5.74, 6) is 0. The molecule has 0 N–H and O–H groups in total. The zero-order chi connectivity index (χ0) is 11.8. The molecule has 92 valence electrons. The number of nitrogens with zero attached hydrogens (tertiary/aromatic N) is 1. The molecular formula is C9H9Cl6N. The molecule has 0 spiro atoms. The van der Waals surface area contributed by atoms with Gasteiger partial charge >= 0.3 is 0 Å². The summed E-state index contributed by atoms with van der Waals surface area (Å²) in [6.07, 6.45) is 0. The topological polar surface area (TPSA) is 3.24 Å². The van der Waals surface area contributed by atoms with Gasteiger partial charge in [0.15, 0.2) is 0 Å². The van der Waals surface area contributed by atoms with Crippen molar-refractivity contribution in [3.8, 4) is 0 Å². The summed E-state index contributed by atoms with van der Waals surface area (Å²) in [4.78, 5) is 2.15. The summed E-state index contributed by atoms with van der Waals surface area (Å²) in [6.45, 7) is 0. The monoisotopic (exact) mass is 341 g/mol. The molecule has 3 fully saturated rings. The largest absolute Gasteiger partial charge is 0.285 e. The van der Waals surface area contributed by atoms with Gasteiger partial charge in [0.05, 0.1) is 32.3 Å². The lowest BCUT2D eigenvalue weighted by Gasteiger charge is -2.22. The maximum absolute atomic E-state index is 6.31. The Bertz CT molecular complexity index is 243. The summed E-state index contributed by atoms with van der Waals surface area (Å²) in [7, 11) is 0. The van der Waals surface area contributed by atoms with E-state index in [0.717, 1.165) is 0 Å². The van der Waals surface area contributed by atoms with Crippen LogP contribution in [0, 0.1) is 0 Å². The average Bonchev–Trinajstić information content (AvgIpc) is 2.73. The number of halogens is 6. The van der Waals surface area contributed by atoms with Crippen molar-refractivity contribution in [1.82, 2.24) is 4.90 Å². The highest BCUT2D eigenvalue weighted by Gasteiger charge is 2.68. The zero-order valence-corrected chi connectivity index (χ0v) is 12.4. The van der Waals surface area contributed by atoms with Gasteiger partial charge < -0.3 is 0 Å². The van der Waals surface area contributed by atoms with Gasteiger partial charge in [-0.15, -0.1) is 69.6 Å². The summed E-state index contributed by atoms with van der Waals surface area (Å²) < 4.78 is 0. The van der Waals surface area contributed by atoms with Crippen LogP contribution in [0.25, 0.3) is 0 Å². The van der Waals surface area contributed by atoms with Crippen LogP contribution < -0.4 is 0 Å². The quantitative estimate of drug-likeness (QED) is 0.611. The summed E-state index contributed by atoms with van der Waals surface area (Å²) in [5, 5.41) is -1.30. The third-order valence-corrected chi connectivity index (χ3v) is 7.47. The Morgan fingerprint density at radius 2 is 0.625 bits per heavy atom. The van der Waals surface area contributed by atoms with Gasteiger partial charge in [-0.2, -0.15) is 0 Å². The first kappa shape index (κ1) is 12.7. The van der Waals surface area contributed by atoms with Gasteiger partial charge in [-0.3, -0.25) is 4.90 Å². The Balaban J connectivity index is 2.04. The molecule has 6 atom stereocenters. The van der Waals surface area contributed by atoms with E-state index in [2.05, 4.69) is 4.90 Å². The van der Waals surface area contributed by atoms with E-state index < -0.39 is 0 Å². The second-order valence-corrected chi connectivity index (χ2v) is 7.61. The van der Waals surface area contributed by atoms with Crippen LogP contribution in [-0.4, -0.2) is 55.3 Å². The molecule has 0 bridgehead atoms. The SMILES string of the molecule is ClC1C(Cl)C2C(Cl)C(Cl)C3C(Cl)C(Cl)C1N23. The Morgan fingerprint density at radius 3 is 0.812 bits per heavy atom. The number of hydrogen-bond acceptors (Lipinski definition) is 1. The molecule has 0 radical (unpaired) electrons. The highest BCUT2D eigenvalue weighted by Crippen LogP contribution is 2.54. The first-order valence-electron chi connectivity index (χ1n) is 5.08. The predicted octanol–water partition coefficient (Wildman–Crippen LogP) is 3.08. The van der Waals surface area contributed by atoms with Gasteiger partial charge in [0, 0.05) is 18.1 Å². The third kappa shape index (κ3) is 1.37. The Morgan fingerprint density at radius 1 is 0.438 bits per heavy atom. The van der Waals surface area contributed by atoms with Crippen LogP contribution in [0.4, 0.5) is 0 Å². The molecule has 3 aliphatic rings. The molecule has 0 aromatic heterocycles. The summed E-state index contributed by atoms with van der Waals surface area (Å²) >= 11 is 37.9. The fourth-order valence-electron chi connectivity index (χ4n) is 3.24. The van der Waals surface area contributed by atoms with Crippen molar-refractivity contribution < 1.29 is 0 Å². The number of hydrogen-bond donors (Lipinski definition) is 0. The van der Waals surface area contributed by atoms with Gasteiger partial charge in [-0.25, -0.2) is 0 Å². The number of rotatable bonds is 0. The Labute approximate surface area is 124 Å². The van der Waals surface area contributed by atoms with E-state index in [4.69, 9.17) is 69.6 Å². The minimum Gasteiger partial charge on any atom is -0.285 e. The molecule has 3 aliphatic heterocycles. The zero-order valence-electron chi connectivity index (χ0n) is 7.91. The molecule has 3 heterocycles. The van der Waals surface area contributed by atoms with Crippen LogP contribution in [0.15, 0.2) is 0 Å². The molecule has 1 nitrogen and oxygen atoms in total. The lowest BCUT2D eigenvalue weighted by Crippen LogP contribution is -2.37. The van der Waals surface area contributed by atoms with Crippen molar-refractivity contribution in [2.24, 2.45) is 0 Å². The number of alkyl halides is 6. The van der Waals surface area contributed by atoms with Gasteiger partial charge in [-0.1, -0.05) is 0 Å². The molecule has 16 heavy (non-hydrogen) atoms. The molecule has 0 aromatic carbocycles. The smallest absolute Gasteiger partial charge is 0.0685 e. The standard InChI is InChI=1S/C9H9Cl6N/c10-1-2(11)8-5(14)6(15)9-4(13)3(12)7(1)16(8)9/h1-9H. The minimum atomic E-state index is -0.217. The molecule has 3 rings (SSSR count). The fraction of sp³-hybridized carbons (Fsp3) is 1.00. The average molecular weight is 344 g/mol. The van der Waals surface area contributed by atoms with Crippen molar-refractivity contribution in [2.75, 3.05) is 0 Å². The first-order valence-corrected chi connectivity index (χ1v) is 7.70. The molecule has 0 aromatic rings. The van der Waals surface area contributed by atoms with Gasteiger partial charge in [0.1, 0.15) is 0 Å². The van der Waals surface area contributed by atoms with Gasteiger partial charge in [0.2, 0.25) is 0 Å². The van der Waals surface area contributed by atoms with E-state index in [1.54, 1.807) is 0 Å². The van der Waals surface area contributed by atoms with E-state index in [1.807, 2.05) is 0 Å². The van der Waals surface area contributed by atoms with Crippen molar-refractivity contribution in [3.63, 3.8) is 0 Å². The normalized spacial score (nSPS) is 65.2. The second kappa shape index (κ2) is 4.10. The van der Waals surface area contributed by atoms with Crippen molar-refractivity contribution in [3.05, 3.63) is 0 Å². The van der Waals surface area contributed by atoms with Crippen LogP contribution in [0.3, 0.4) is 0 Å². The lowest BCUT2D eigenvalue weighted by molar-refractivity contribution is 0.246. The van der Waals surface area contributed by atoms with Crippen LogP contribution in [0.5, 0.6) is 0 Å². The highest BCUT2D eigenvalue weighted by atomic mass is 35.5. The molecular weight excluding hydrogens is 335 g/mol.